The molecule has 6 aromatic rings. The van der Waals surface area contributed by atoms with Gasteiger partial charge in [0, 0.05) is 65.0 Å². The van der Waals surface area contributed by atoms with Crippen molar-refractivity contribution in [3.8, 4) is 0 Å². The Balaban J connectivity index is 1.27. The summed E-state index contributed by atoms with van der Waals surface area (Å²) in [5.41, 5.74) is 9.80. The van der Waals surface area contributed by atoms with Crippen molar-refractivity contribution in [2.45, 2.75) is 41.5 Å². The Labute approximate surface area is 283 Å². The lowest BCUT2D eigenvalue weighted by atomic mass is 10.1. The highest BCUT2D eigenvalue weighted by Crippen LogP contribution is 2.37. The smallest absolute Gasteiger partial charge is 0.0631 e. The first-order valence-electron chi connectivity index (χ1n) is 15.2. The molecule has 3 heterocycles. The van der Waals surface area contributed by atoms with Crippen LogP contribution in [0.5, 0.6) is 0 Å². The average Bonchev–Trinajstić information content (AvgIpc) is 3.69. The summed E-state index contributed by atoms with van der Waals surface area (Å²) in [5.74, 6) is 0. The molecule has 46 heavy (non-hydrogen) atoms. The van der Waals surface area contributed by atoms with E-state index >= 15 is 0 Å². The second kappa shape index (κ2) is 13.9. The molecule has 0 saturated heterocycles. The van der Waals surface area contributed by atoms with Gasteiger partial charge in [0.25, 0.3) is 0 Å². The minimum absolute atomic E-state index is 0.917. The number of thiophene rings is 3. The summed E-state index contributed by atoms with van der Waals surface area (Å²) in [6.45, 7) is 12.9. The van der Waals surface area contributed by atoms with E-state index in [0.717, 1.165) is 34.1 Å². The Bertz CT molecular complexity index is 1740. The number of nitrogens with zero attached hydrogens (tertiary/aromatic N) is 4. The summed E-state index contributed by atoms with van der Waals surface area (Å²) < 4.78 is 0. The molecule has 0 N–H and O–H groups in total. The van der Waals surface area contributed by atoms with E-state index in [0.29, 0.717) is 0 Å². The van der Waals surface area contributed by atoms with Crippen LogP contribution < -0.4 is 4.90 Å². The molecule has 0 aliphatic rings. The second-order valence-electron chi connectivity index (χ2n) is 11.3. The Morgan fingerprint density at radius 1 is 0.413 bits per heavy atom. The Hall–Kier alpha value is -4.43. The highest BCUT2D eigenvalue weighted by Gasteiger charge is 2.13. The number of aliphatic imine (C=N–C) groups is 3. The van der Waals surface area contributed by atoms with Gasteiger partial charge in [0.15, 0.2) is 0 Å². The summed E-state index contributed by atoms with van der Waals surface area (Å²) in [6.07, 6.45) is 5.86. The standard InChI is InChI=1S/C39H36N4S3/c1-25-19-37(44-28(25)4)22-40-31-7-13-34(14-8-31)43(35-15-9-32(10-16-35)41-23-38-20-26(2)29(5)45-38)36-17-11-33(12-18-36)42-24-39-21-27(3)30(6)46-39/h7-24H,1-6H3. The predicted molar refractivity (Wildman–Crippen MR) is 204 cm³/mol. The van der Waals surface area contributed by atoms with Gasteiger partial charge in [0.05, 0.1) is 17.1 Å². The van der Waals surface area contributed by atoms with Crippen molar-refractivity contribution in [1.29, 1.82) is 0 Å². The van der Waals surface area contributed by atoms with Gasteiger partial charge < -0.3 is 4.90 Å². The lowest BCUT2D eigenvalue weighted by Crippen LogP contribution is -2.09. The third-order valence-corrected chi connectivity index (χ3v) is 11.2. The predicted octanol–water partition coefficient (Wildman–Crippen LogP) is 12.4. The maximum atomic E-state index is 4.74. The van der Waals surface area contributed by atoms with Gasteiger partial charge in [0.2, 0.25) is 0 Å². The molecular formula is C39H36N4S3. The third-order valence-electron chi connectivity index (χ3n) is 7.90. The fraction of sp³-hybridized carbons (Fsp3) is 0.154. The molecule has 0 unspecified atom stereocenters. The largest absolute Gasteiger partial charge is 0.310 e. The van der Waals surface area contributed by atoms with Crippen LogP contribution in [0.3, 0.4) is 0 Å². The van der Waals surface area contributed by atoms with E-state index in [1.54, 1.807) is 34.0 Å². The van der Waals surface area contributed by atoms with Crippen molar-refractivity contribution in [3.63, 3.8) is 0 Å². The van der Waals surface area contributed by atoms with Crippen LogP contribution in [0.25, 0.3) is 0 Å². The minimum atomic E-state index is 0.917. The van der Waals surface area contributed by atoms with Crippen LogP contribution in [-0.2, 0) is 0 Å². The molecule has 0 amide bonds. The van der Waals surface area contributed by atoms with Gasteiger partial charge in [-0.05, 0) is 149 Å². The highest BCUT2D eigenvalue weighted by atomic mass is 32.1. The molecule has 0 radical (unpaired) electrons. The molecule has 0 fully saturated rings. The lowest BCUT2D eigenvalue weighted by molar-refractivity contribution is 1.28. The zero-order chi connectivity index (χ0) is 32.2. The van der Waals surface area contributed by atoms with Gasteiger partial charge in [-0.2, -0.15) is 0 Å². The molecule has 0 aliphatic carbocycles. The molecule has 230 valence electrons. The van der Waals surface area contributed by atoms with Crippen LogP contribution in [0.15, 0.2) is 106 Å². The van der Waals surface area contributed by atoms with Crippen molar-refractivity contribution in [1.82, 2.24) is 0 Å². The molecular weight excluding hydrogens is 621 g/mol. The van der Waals surface area contributed by atoms with Crippen LogP contribution in [0.2, 0.25) is 0 Å². The van der Waals surface area contributed by atoms with Gasteiger partial charge in [-0.25, -0.2) is 0 Å². The summed E-state index contributed by atoms with van der Waals surface area (Å²) in [5, 5.41) is 0. The van der Waals surface area contributed by atoms with E-state index in [2.05, 4.69) is 137 Å². The minimum Gasteiger partial charge on any atom is -0.310 e. The van der Waals surface area contributed by atoms with E-state index in [4.69, 9.17) is 15.0 Å². The van der Waals surface area contributed by atoms with Gasteiger partial charge in [-0.1, -0.05) is 0 Å². The number of hydrogen-bond acceptors (Lipinski definition) is 7. The first-order valence-corrected chi connectivity index (χ1v) is 17.6. The fourth-order valence-corrected chi connectivity index (χ4v) is 7.66. The van der Waals surface area contributed by atoms with E-state index in [1.165, 1.54) is 46.0 Å². The molecule has 0 atom stereocenters. The first kappa shape index (κ1) is 31.5. The molecule has 6 rings (SSSR count). The van der Waals surface area contributed by atoms with Gasteiger partial charge in [0.1, 0.15) is 0 Å². The molecule has 3 aromatic heterocycles. The maximum absolute atomic E-state index is 4.74. The van der Waals surface area contributed by atoms with E-state index in [-0.39, 0.29) is 0 Å². The SMILES string of the molecule is Cc1cc(C=Nc2ccc(N(c3ccc(N=Cc4cc(C)c(C)s4)cc3)c3ccc(N=Cc4cc(C)c(C)s4)cc3)cc2)sc1C. The van der Waals surface area contributed by atoms with Gasteiger partial charge >= 0.3 is 0 Å². The monoisotopic (exact) mass is 656 g/mol. The van der Waals surface area contributed by atoms with Crippen molar-refractivity contribution >= 4 is 86.8 Å². The van der Waals surface area contributed by atoms with E-state index in [1.807, 2.05) is 18.6 Å². The second-order valence-corrected chi connectivity index (χ2v) is 15.2. The van der Waals surface area contributed by atoms with E-state index in [9.17, 15) is 0 Å². The molecule has 0 saturated carbocycles. The molecule has 3 aromatic carbocycles. The highest BCUT2D eigenvalue weighted by molar-refractivity contribution is 7.14. The maximum Gasteiger partial charge on any atom is 0.0631 e. The van der Waals surface area contributed by atoms with Crippen LogP contribution in [0.1, 0.15) is 46.0 Å². The number of rotatable bonds is 9. The molecule has 0 aliphatic heterocycles. The number of anilines is 3. The van der Waals surface area contributed by atoms with Crippen LogP contribution >= 0.6 is 34.0 Å². The lowest BCUT2D eigenvalue weighted by Gasteiger charge is -2.25. The first-order chi connectivity index (χ1) is 22.2. The molecule has 7 heteroatoms. The number of hydrogen-bond donors (Lipinski definition) is 0. The molecule has 4 nitrogen and oxygen atoms in total. The van der Waals surface area contributed by atoms with Crippen LogP contribution in [-0.4, -0.2) is 18.6 Å². The topological polar surface area (TPSA) is 40.3 Å². The Morgan fingerprint density at radius 2 is 0.674 bits per heavy atom. The number of benzene rings is 3. The van der Waals surface area contributed by atoms with Crippen LogP contribution in [0.4, 0.5) is 34.1 Å². The van der Waals surface area contributed by atoms with Crippen molar-refractivity contribution in [2.24, 2.45) is 15.0 Å². The Kier molecular flexibility index (Phi) is 9.54. The molecule has 0 spiro atoms. The van der Waals surface area contributed by atoms with Crippen LogP contribution in [0, 0.1) is 41.5 Å². The van der Waals surface area contributed by atoms with Gasteiger partial charge in [-0.3, -0.25) is 15.0 Å². The summed E-state index contributed by atoms with van der Waals surface area (Å²) in [7, 11) is 0. The Morgan fingerprint density at radius 3 is 0.891 bits per heavy atom. The third kappa shape index (κ3) is 7.50. The summed E-state index contributed by atoms with van der Waals surface area (Å²) in [6, 6.07) is 31.7. The zero-order valence-electron chi connectivity index (χ0n) is 26.9. The number of aryl methyl sites for hydroxylation is 6. The molecule has 0 bridgehead atoms. The normalized spacial score (nSPS) is 11.9. The quantitative estimate of drug-likeness (QED) is 0.143. The van der Waals surface area contributed by atoms with Gasteiger partial charge in [-0.15, -0.1) is 34.0 Å². The summed E-state index contributed by atoms with van der Waals surface area (Å²) >= 11 is 5.31. The summed E-state index contributed by atoms with van der Waals surface area (Å²) in [4.78, 5) is 24.0. The van der Waals surface area contributed by atoms with Crippen molar-refractivity contribution in [3.05, 3.63) is 137 Å². The van der Waals surface area contributed by atoms with Crippen molar-refractivity contribution in [2.75, 3.05) is 4.90 Å². The zero-order valence-corrected chi connectivity index (χ0v) is 29.4. The fourth-order valence-electron chi connectivity index (χ4n) is 4.92. The average molecular weight is 657 g/mol. The van der Waals surface area contributed by atoms with Crippen molar-refractivity contribution < 1.29 is 0 Å². The van der Waals surface area contributed by atoms with E-state index < -0.39 is 0 Å².